The molecule has 0 N–H and O–H groups in total. The van der Waals surface area contributed by atoms with Crippen molar-refractivity contribution in [2.75, 3.05) is 0 Å². The largest absolute Gasteiger partial charge is 0.205 e. The minimum Gasteiger partial charge on any atom is -0.205 e. The van der Waals surface area contributed by atoms with Crippen LogP contribution >= 0.6 is 0 Å². The Labute approximate surface area is 149 Å². The van der Waals surface area contributed by atoms with Gasteiger partial charge in [-0.15, -0.1) is 0 Å². The summed E-state index contributed by atoms with van der Waals surface area (Å²) in [5, 5.41) is 1.53. The van der Waals surface area contributed by atoms with Gasteiger partial charge in [0.2, 0.25) is 0 Å². The lowest BCUT2D eigenvalue weighted by molar-refractivity contribution is 0.636. The van der Waals surface area contributed by atoms with Crippen LogP contribution in [0.2, 0.25) is 0 Å². The van der Waals surface area contributed by atoms with Crippen molar-refractivity contribution in [3.8, 4) is 11.8 Å². The molecule has 0 aliphatic carbocycles. The van der Waals surface area contributed by atoms with Gasteiger partial charge in [0.25, 0.3) is 0 Å². The molecular formula is C24H21F. The van der Waals surface area contributed by atoms with E-state index in [0.29, 0.717) is 10.9 Å². The first-order chi connectivity index (χ1) is 12.2. The summed E-state index contributed by atoms with van der Waals surface area (Å²) in [5.41, 5.74) is 3.75. The van der Waals surface area contributed by atoms with Gasteiger partial charge < -0.3 is 0 Å². The average Bonchev–Trinajstić information content (AvgIpc) is 2.62. The second-order valence-corrected chi connectivity index (χ2v) is 6.21. The Morgan fingerprint density at radius 3 is 2.52 bits per heavy atom. The average molecular weight is 328 g/mol. The van der Waals surface area contributed by atoms with Crippen LogP contribution in [0.1, 0.15) is 35.6 Å². The summed E-state index contributed by atoms with van der Waals surface area (Å²) in [7, 11) is 0. The molecule has 3 aromatic carbocycles. The zero-order chi connectivity index (χ0) is 17.6. The monoisotopic (exact) mass is 328 g/mol. The maximum atomic E-state index is 14.6. The number of benzene rings is 3. The Kier molecular flexibility index (Phi) is 5.31. The minimum atomic E-state index is -0.243. The molecule has 0 heterocycles. The van der Waals surface area contributed by atoms with E-state index in [1.54, 1.807) is 6.07 Å². The quantitative estimate of drug-likeness (QED) is 0.397. The summed E-state index contributed by atoms with van der Waals surface area (Å²) in [6.07, 6.45) is 6.30. The molecule has 0 spiro atoms. The lowest BCUT2D eigenvalue weighted by Crippen LogP contribution is -1.88. The summed E-state index contributed by atoms with van der Waals surface area (Å²) in [4.78, 5) is 0. The van der Waals surface area contributed by atoms with Gasteiger partial charge in [0, 0.05) is 10.9 Å². The van der Waals surface area contributed by atoms with Gasteiger partial charge in [0.05, 0.1) is 5.56 Å². The van der Waals surface area contributed by atoms with Gasteiger partial charge in [-0.2, -0.15) is 0 Å². The Morgan fingerprint density at radius 1 is 0.960 bits per heavy atom. The van der Waals surface area contributed by atoms with E-state index in [4.69, 9.17) is 0 Å². The zero-order valence-electron chi connectivity index (χ0n) is 14.6. The van der Waals surface area contributed by atoms with E-state index in [-0.39, 0.29) is 5.82 Å². The number of halogens is 1. The van der Waals surface area contributed by atoms with E-state index >= 15 is 0 Å². The van der Waals surface area contributed by atoms with Crippen molar-refractivity contribution in [3.63, 3.8) is 0 Å². The smallest absolute Gasteiger partial charge is 0.146 e. The summed E-state index contributed by atoms with van der Waals surface area (Å²) in [6, 6.07) is 17.6. The van der Waals surface area contributed by atoms with Crippen molar-refractivity contribution in [1.29, 1.82) is 0 Å². The SMILES string of the molecule is C/C=C/CCc1ccc(C#Cc2ccc3cc(C)ccc3c2F)cc1. The first kappa shape index (κ1) is 17.0. The molecule has 0 amide bonds. The van der Waals surface area contributed by atoms with Gasteiger partial charge in [-0.3, -0.25) is 0 Å². The van der Waals surface area contributed by atoms with Crippen molar-refractivity contribution in [1.82, 2.24) is 0 Å². The molecule has 0 aliphatic heterocycles. The van der Waals surface area contributed by atoms with Crippen molar-refractivity contribution < 1.29 is 4.39 Å². The molecule has 124 valence electrons. The molecule has 3 rings (SSSR count). The van der Waals surface area contributed by atoms with E-state index in [9.17, 15) is 4.39 Å². The standard InChI is InChI=1S/C24H21F/c1-3-4-5-6-19-8-10-20(11-9-19)12-13-21-14-15-22-17-18(2)7-16-23(22)24(21)25/h3-4,7-11,14-17H,5-6H2,1-2H3/b4-3+. The maximum Gasteiger partial charge on any atom is 0.146 e. The van der Waals surface area contributed by atoms with Crippen molar-refractivity contribution >= 4 is 10.8 Å². The number of rotatable bonds is 3. The third-order valence-electron chi connectivity index (χ3n) is 4.24. The molecule has 0 nitrogen and oxygen atoms in total. The fourth-order valence-electron chi connectivity index (χ4n) is 2.82. The molecule has 0 radical (unpaired) electrons. The zero-order valence-corrected chi connectivity index (χ0v) is 14.6. The third kappa shape index (κ3) is 4.17. The Balaban J connectivity index is 1.82. The van der Waals surface area contributed by atoms with Gasteiger partial charge >= 0.3 is 0 Å². The van der Waals surface area contributed by atoms with Gasteiger partial charge in [-0.05, 0) is 55.8 Å². The second-order valence-electron chi connectivity index (χ2n) is 6.21. The van der Waals surface area contributed by atoms with Crippen LogP contribution in [-0.2, 0) is 6.42 Å². The van der Waals surface area contributed by atoms with Gasteiger partial charge in [0.1, 0.15) is 5.82 Å². The highest BCUT2D eigenvalue weighted by molar-refractivity contribution is 5.85. The molecule has 0 saturated heterocycles. The molecule has 0 bridgehead atoms. The Bertz CT molecular complexity index is 967. The van der Waals surface area contributed by atoms with Crippen LogP contribution in [0.5, 0.6) is 0 Å². The van der Waals surface area contributed by atoms with Crippen molar-refractivity contribution in [3.05, 3.63) is 94.8 Å². The lowest BCUT2D eigenvalue weighted by atomic mass is 10.0. The highest BCUT2D eigenvalue weighted by Gasteiger charge is 2.05. The fourth-order valence-corrected chi connectivity index (χ4v) is 2.82. The molecule has 0 atom stereocenters. The van der Waals surface area contributed by atoms with Crippen LogP contribution in [0, 0.1) is 24.6 Å². The number of hydrogen-bond acceptors (Lipinski definition) is 0. The molecular weight excluding hydrogens is 307 g/mol. The highest BCUT2D eigenvalue weighted by Crippen LogP contribution is 2.22. The normalized spacial score (nSPS) is 10.8. The molecule has 1 heteroatoms. The van der Waals surface area contributed by atoms with Gasteiger partial charge in [-0.1, -0.05) is 66.0 Å². The van der Waals surface area contributed by atoms with Crippen LogP contribution in [0.15, 0.2) is 66.7 Å². The first-order valence-electron chi connectivity index (χ1n) is 8.58. The lowest BCUT2D eigenvalue weighted by Gasteiger charge is -2.03. The summed E-state index contributed by atoms with van der Waals surface area (Å²) >= 11 is 0. The van der Waals surface area contributed by atoms with E-state index in [1.165, 1.54) is 5.56 Å². The molecule has 0 aromatic heterocycles. The molecule has 0 unspecified atom stereocenters. The van der Waals surface area contributed by atoms with E-state index in [2.05, 4.69) is 36.1 Å². The van der Waals surface area contributed by atoms with Gasteiger partial charge in [0.15, 0.2) is 0 Å². The van der Waals surface area contributed by atoms with Crippen molar-refractivity contribution in [2.24, 2.45) is 0 Å². The van der Waals surface area contributed by atoms with Crippen LogP contribution in [0.4, 0.5) is 4.39 Å². The summed E-state index contributed by atoms with van der Waals surface area (Å²) in [6.45, 7) is 4.04. The molecule has 0 saturated carbocycles. The molecule has 25 heavy (non-hydrogen) atoms. The van der Waals surface area contributed by atoms with E-state index < -0.39 is 0 Å². The molecule has 0 fully saturated rings. The molecule has 0 aliphatic rings. The predicted molar refractivity (Wildman–Crippen MR) is 104 cm³/mol. The number of fused-ring (bicyclic) bond motifs is 1. The van der Waals surface area contributed by atoms with Crippen molar-refractivity contribution in [2.45, 2.75) is 26.7 Å². The van der Waals surface area contributed by atoms with Crippen LogP contribution < -0.4 is 0 Å². The molecule has 3 aromatic rings. The van der Waals surface area contributed by atoms with E-state index in [1.807, 2.05) is 50.2 Å². The number of hydrogen-bond donors (Lipinski definition) is 0. The number of aryl methyl sites for hydroxylation is 2. The first-order valence-corrected chi connectivity index (χ1v) is 8.58. The highest BCUT2D eigenvalue weighted by atomic mass is 19.1. The Hall–Kier alpha value is -2.85. The van der Waals surface area contributed by atoms with Gasteiger partial charge in [-0.25, -0.2) is 4.39 Å². The maximum absolute atomic E-state index is 14.6. The second kappa shape index (κ2) is 7.81. The topological polar surface area (TPSA) is 0 Å². The fraction of sp³-hybridized carbons (Fsp3) is 0.167. The Morgan fingerprint density at radius 2 is 1.76 bits per heavy atom. The van der Waals surface area contributed by atoms with Crippen LogP contribution in [-0.4, -0.2) is 0 Å². The van der Waals surface area contributed by atoms with E-state index in [0.717, 1.165) is 29.4 Å². The summed E-state index contributed by atoms with van der Waals surface area (Å²) < 4.78 is 14.6. The minimum absolute atomic E-state index is 0.243. The van der Waals surface area contributed by atoms with Crippen LogP contribution in [0.25, 0.3) is 10.8 Å². The number of allylic oxidation sites excluding steroid dienone is 2. The predicted octanol–water partition coefficient (Wildman–Crippen LogP) is 6.20. The summed E-state index contributed by atoms with van der Waals surface area (Å²) in [5.74, 6) is 5.80. The third-order valence-corrected chi connectivity index (χ3v) is 4.24. The van der Waals surface area contributed by atoms with Crippen LogP contribution in [0.3, 0.4) is 0 Å².